The second-order valence-electron chi connectivity index (χ2n) is 5.92. The average Bonchev–Trinajstić information content (AvgIpc) is 2.56. The van der Waals surface area contributed by atoms with Gasteiger partial charge in [0.05, 0.1) is 4.90 Å². The Labute approximate surface area is 177 Å². The quantitative estimate of drug-likeness (QED) is 0.399. The van der Waals surface area contributed by atoms with Crippen LogP contribution in [0, 0.1) is 0 Å². The van der Waals surface area contributed by atoms with Crippen LogP contribution in [0.2, 0.25) is 0 Å². The van der Waals surface area contributed by atoms with Crippen LogP contribution in [-0.4, -0.2) is 13.0 Å². The molecule has 1 N–H and O–H groups in total. The van der Waals surface area contributed by atoms with Gasteiger partial charge >= 0.3 is 29.6 Å². The van der Waals surface area contributed by atoms with Gasteiger partial charge in [-0.25, -0.2) is 0 Å². The van der Waals surface area contributed by atoms with Crippen LogP contribution in [0.4, 0.5) is 0 Å². The maximum Gasteiger partial charge on any atom is 1.00 e. The molecule has 0 aliphatic carbocycles. The zero-order chi connectivity index (χ0) is 18.3. The molecule has 0 spiro atoms. The second kappa shape index (κ2) is 10.9. The van der Waals surface area contributed by atoms with Crippen molar-refractivity contribution in [1.82, 2.24) is 0 Å². The molecule has 5 nitrogen and oxygen atoms in total. The van der Waals surface area contributed by atoms with Gasteiger partial charge in [0.25, 0.3) is 10.1 Å². The van der Waals surface area contributed by atoms with Gasteiger partial charge in [0.2, 0.25) is 0 Å². The van der Waals surface area contributed by atoms with Crippen molar-refractivity contribution in [2.75, 3.05) is 0 Å². The Morgan fingerprint density at radius 3 is 2.27 bits per heavy atom. The summed E-state index contributed by atoms with van der Waals surface area (Å²) in [4.78, 5) is -0.573. The zero-order valence-electron chi connectivity index (χ0n) is 15.3. The van der Waals surface area contributed by atoms with Crippen LogP contribution < -0.4 is 39.4 Å². The Kier molecular flexibility index (Phi) is 9.68. The van der Waals surface area contributed by atoms with Crippen molar-refractivity contribution < 1.29 is 52.4 Å². The second-order valence-corrected chi connectivity index (χ2v) is 7.28. The molecular formula is C19H23NaO5S. The van der Waals surface area contributed by atoms with Gasteiger partial charge < -0.3 is 9.84 Å². The number of ether oxygens (including phenoxy) is 1. The maximum atomic E-state index is 12.0. The third-order valence-electron chi connectivity index (χ3n) is 3.94. The van der Waals surface area contributed by atoms with Gasteiger partial charge in [-0.3, -0.25) is 4.55 Å². The Bertz CT molecular complexity index is 791. The number of para-hydroxylation sites is 1. The molecule has 2 aromatic rings. The molecule has 0 fully saturated rings. The largest absolute Gasteiger partial charge is 1.00 e. The van der Waals surface area contributed by atoms with Gasteiger partial charge in [-0.1, -0.05) is 62.6 Å². The van der Waals surface area contributed by atoms with E-state index in [-0.39, 0.29) is 40.9 Å². The molecule has 0 saturated carbocycles. The monoisotopic (exact) mass is 386 g/mol. The van der Waals surface area contributed by atoms with Crippen molar-refractivity contribution in [3.63, 3.8) is 0 Å². The number of hydrogen-bond donors (Lipinski definition) is 1. The summed E-state index contributed by atoms with van der Waals surface area (Å²) in [6.45, 7) is 2.11. The number of rotatable bonds is 9. The number of benzene rings is 2. The molecule has 0 unspecified atom stereocenters. The molecule has 0 aliphatic heterocycles. The fourth-order valence-corrected chi connectivity index (χ4v) is 3.56. The fraction of sp³-hybridized carbons (Fsp3) is 0.368. The van der Waals surface area contributed by atoms with Gasteiger partial charge in [-0.2, -0.15) is 8.42 Å². The van der Waals surface area contributed by atoms with Crippen LogP contribution in [0.25, 0.3) is 0 Å². The minimum absolute atomic E-state index is 0. The van der Waals surface area contributed by atoms with E-state index in [1.165, 1.54) is 6.07 Å². The molecule has 0 saturated heterocycles. The van der Waals surface area contributed by atoms with Gasteiger partial charge in [0.1, 0.15) is 11.5 Å². The summed E-state index contributed by atoms with van der Waals surface area (Å²) < 4.78 is 38.7. The van der Waals surface area contributed by atoms with Crippen LogP contribution in [0.5, 0.6) is 17.2 Å². The van der Waals surface area contributed by atoms with E-state index in [9.17, 15) is 18.1 Å². The minimum atomic E-state index is -4.62. The van der Waals surface area contributed by atoms with E-state index < -0.39 is 20.8 Å². The molecule has 0 heterocycles. The topological polar surface area (TPSA) is 86.7 Å². The molecule has 2 aromatic carbocycles. The predicted octanol–water partition coefficient (Wildman–Crippen LogP) is 1.32. The zero-order valence-corrected chi connectivity index (χ0v) is 18.1. The first-order valence-electron chi connectivity index (χ1n) is 8.46. The third-order valence-corrected chi connectivity index (χ3v) is 4.90. The third kappa shape index (κ3) is 6.59. The summed E-state index contributed by atoms with van der Waals surface area (Å²) in [6.07, 6.45) is 5.26. The average molecular weight is 386 g/mol. The fourth-order valence-electron chi connectivity index (χ4n) is 2.72. The normalized spacial score (nSPS) is 11.0. The van der Waals surface area contributed by atoms with Crippen molar-refractivity contribution in [3.8, 4) is 17.2 Å². The van der Waals surface area contributed by atoms with Crippen LogP contribution in [0.3, 0.4) is 0 Å². The Balaban J connectivity index is 0.00000338. The van der Waals surface area contributed by atoms with Crippen molar-refractivity contribution in [2.24, 2.45) is 0 Å². The van der Waals surface area contributed by atoms with Crippen molar-refractivity contribution >= 4 is 10.1 Å². The van der Waals surface area contributed by atoms with E-state index in [2.05, 4.69) is 6.92 Å². The first-order chi connectivity index (χ1) is 11.9. The van der Waals surface area contributed by atoms with Crippen molar-refractivity contribution in [2.45, 2.75) is 50.3 Å². The van der Waals surface area contributed by atoms with Crippen molar-refractivity contribution in [3.05, 3.63) is 48.0 Å². The van der Waals surface area contributed by atoms with E-state index >= 15 is 0 Å². The molecule has 0 aliphatic rings. The summed E-state index contributed by atoms with van der Waals surface area (Å²) in [5.41, 5.74) is 0.246. The summed E-state index contributed by atoms with van der Waals surface area (Å²) >= 11 is 0. The summed E-state index contributed by atoms with van der Waals surface area (Å²) in [6, 6.07) is 11.5. The molecule has 0 aromatic heterocycles. The minimum Gasteiger partial charge on any atom is -0.872 e. The summed E-state index contributed by atoms with van der Waals surface area (Å²) in [7, 11) is -4.62. The molecule has 26 heavy (non-hydrogen) atoms. The standard InChI is InChI=1S/C19H24O5S.Na/c1-2-3-4-5-9-12-16-18(24-15-10-7-6-8-11-15)14-13-17(20)19(16)25(21,22)23;/h6-8,10-11,13-14,20H,2-5,9,12H2,1H3,(H,21,22,23);/q;+1/p-1. The first kappa shape index (κ1) is 23.0. The molecular weight excluding hydrogens is 363 g/mol. The van der Waals surface area contributed by atoms with Crippen LogP contribution in [0.15, 0.2) is 47.4 Å². The number of unbranched alkanes of at least 4 members (excludes halogenated alkanes) is 4. The number of hydrogen-bond acceptors (Lipinski definition) is 4. The van der Waals surface area contributed by atoms with E-state index in [0.717, 1.165) is 38.2 Å². The van der Waals surface area contributed by atoms with E-state index in [1.807, 2.05) is 6.07 Å². The molecule has 0 radical (unpaired) electrons. The van der Waals surface area contributed by atoms with Gasteiger partial charge in [-0.05, 0) is 31.0 Å². The molecule has 0 bridgehead atoms. The molecule has 7 heteroatoms. The van der Waals surface area contributed by atoms with Gasteiger partial charge in [0, 0.05) is 5.56 Å². The van der Waals surface area contributed by atoms with E-state index in [4.69, 9.17) is 4.74 Å². The van der Waals surface area contributed by atoms with Crippen LogP contribution in [-0.2, 0) is 16.5 Å². The molecule has 0 atom stereocenters. The van der Waals surface area contributed by atoms with Crippen LogP contribution in [0.1, 0.15) is 44.6 Å². The Hall–Kier alpha value is -1.05. The predicted molar refractivity (Wildman–Crippen MR) is 94.7 cm³/mol. The van der Waals surface area contributed by atoms with Gasteiger partial charge in [0.15, 0.2) is 0 Å². The van der Waals surface area contributed by atoms with Gasteiger partial charge in [-0.15, -0.1) is 0 Å². The van der Waals surface area contributed by atoms with E-state index in [1.54, 1.807) is 24.3 Å². The van der Waals surface area contributed by atoms with Crippen LogP contribution >= 0.6 is 0 Å². The molecule has 136 valence electrons. The Morgan fingerprint density at radius 2 is 1.65 bits per heavy atom. The SMILES string of the molecule is CCCCCCCc1c(Oc2ccccc2)ccc([O-])c1S(=O)(=O)O.[Na+]. The molecule has 0 amide bonds. The smallest absolute Gasteiger partial charge is 0.872 e. The summed E-state index contributed by atoms with van der Waals surface area (Å²) in [5, 5.41) is 12.0. The van der Waals surface area contributed by atoms with E-state index in [0.29, 0.717) is 12.2 Å². The first-order valence-corrected chi connectivity index (χ1v) is 9.90. The Morgan fingerprint density at radius 1 is 1.00 bits per heavy atom. The molecule has 2 rings (SSSR count). The van der Waals surface area contributed by atoms with Crippen molar-refractivity contribution in [1.29, 1.82) is 0 Å². The summed E-state index contributed by atoms with van der Waals surface area (Å²) in [5.74, 6) is 0.107. The maximum absolute atomic E-state index is 12.0.